The first-order chi connectivity index (χ1) is 14.8. The molecule has 0 fully saturated rings. The Labute approximate surface area is 179 Å². The third kappa shape index (κ3) is 5.15. The summed E-state index contributed by atoms with van der Waals surface area (Å²) in [6.07, 6.45) is 8.57. The summed E-state index contributed by atoms with van der Waals surface area (Å²) in [5, 5.41) is 0. The van der Waals surface area contributed by atoms with E-state index in [4.69, 9.17) is 0 Å². The number of rotatable bonds is 6. The van der Waals surface area contributed by atoms with Crippen LogP contribution in [0.15, 0.2) is 109 Å². The Hall–Kier alpha value is -3.84. The maximum Gasteiger partial charge on any atom is 0.0408 e. The molecule has 0 aliphatic heterocycles. The van der Waals surface area contributed by atoms with Gasteiger partial charge < -0.3 is 4.90 Å². The quantitative estimate of drug-likeness (QED) is 0.305. The molecule has 0 N–H and O–H groups in total. The highest BCUT2D eigenvalue weighted by atomic mass is 15.1. The third-order valence-electron chi connectivity index (χ3n) is 5.10. The van der Waals surface area contributed by atoms with Crippen LogP contribution in [-0.4, -0.2) is 7.05 Å². The molecule has 0 unspecified atom stereocenters. The zero-order valence-electron chi connectivity index (χ0n) is 17.1. The molecule has 30 heavy (non-hydrogen) atoms. The van der Waals surface area contributed by atoms with Crippen molar-refractivity contribution in [3.8, 4) is 0 Å². The van der Waals surface area contributed by atoms with Crippen LogP contribution >= 0.6 is 0 Å². The Morgan fingerprint density at radius 1 is 0.400 bits per heavy atom. The van der Waals surface area contributed by atoms with Crippen LogP contribution in [0.3, 0.4) is 0 Å². The molecule has 0 atom stereocenters. The Morgan fingerprint density at radius 3 is 1.03 bits per heavy atom. The third-order valence-corrected chi connectivity index (χ3v) is 5.10. The van der Waals surface area contributed by atoms with E-state index < -0.39 is 0 Å². The van der Waals surface area contributed by atoms with Gasteiger partial charge >= 0.3 is 0 Å². The second-order valence-corrected chi connectivity index (χ2v) is 7.23. The molecule has 0 amide bonds. The van der Waals surface area contributed by atoms with Crippen LogP contribution in [0.4, 0.5) is 11.4 Å². The van der Waals surface area contributed by atoms with Gasteiger partial charge in [-0.25, -0.2) is 0 Å². The minimum Gasteiger partial charge on any atom is -0.345 e. The van der Waals surface area contributed by atoms with Gasteiger partial charge in [-0.3, -0.25) is 0 Å². The first-order valence-electron chi connectivity index (χ1n) is 10.2. The van der Waals surface area contributed by atoms with E-state index in [9.17, 15) is 0 Å². The van der Waals surface area contributed by atoms with Crippen molar-refractivity contribution in [3.05, 3.63) is 131 Å². The van der Waals surface area contributed by atoms with Crippen molar-refractivity contribution < 1.29 is 0 Å². The average Bonchev–Trinajstić information content (AvgIpc) is 2.83. The van der Waals surface area contributed by atoms with Crippen molar-refractivity contribution in [3.63, 3.8) is 0 Å². The summed E-state index contributed by atoms with van der Waals surface area (Å²) >= 11 is 0. The van der Waals surface area contributed by atoms with Crippen LogP contribution in [0, 0.1) is 0 Å². The fourth-order valence-corrected chi connectivity index (χ4v) is 3.28. The number of hydrogen-bond donors (Lipinski definition) is 0. The highest BCUT2D eigenvalue weighted by molar-refractivity contribution is 5.73. The van der Waals surface area contributed by atoms with Gasteiger partial charge in [0.2, 0.25) is 0 Å². The zero-order chi connectivity index (χ0) is 20.6. The van der Waals surface area contributed by atoms with Crippen molar-refractivity contribution in [1.29, 1.82) is 0 Å². The van der Waals surface area contributed by atoms with E-state index >= 15 is 0 Å². The van der Waals surface area contributed by atoms with Gasteiger partial charge in [-0.15, -0.1) is 0 Å². The topological polar surface area (TPSA) is 3.24 Å². The molecule has 4 aromatic carbocycles. The van der Waals surface area contributed by atoms with E-state index in [-0.39, 0.29) is 0 Å². The zero-order valence-corrected chi connectivity index (χ0v) is 17.1. The molecule has 0 aliphatic carbocycles. The lowest BCUT2D eigenvalue weighted by atomic mass is 10.1. The smallest absolute Gasteiger partial charge is 0.0408 e. The maximum absolute atomic E-state index is 2.20. The Morgan fingerprint density at radius 2 is 0.700 bits per heavy atom. The second kappa shape index (κ2) is 9.58. The minimum atomic E-state index is 1.17. The lowest BCUT2D eigenvalue weighted by Gasteiger charge is -2.19. The fraction of sp³-hybridized carbons (Fsp3) is 0.0345. The predicted octanol–water partition coefficient (Wildman–Crippen LogP) is 7.80. The number of benzene rings is 4. The molecule has 0 saturated carbocycles. The molecule has 4 aromatic rings. The first kappa shape index (κ1) is 19.5. The molecular formula is C29H25N. The lowest BCUT2D eigenvalue weighted by Crippen LogP contribution is -2.08. The largest absolute Gasteiger partial charge is 0.345 e. The van der Waals surface area contributed by atoms with Crippen LogP contribution in [0.1, 0.15) is 22.3 Å². The molecule has 1 heteroatoms. The monoisotopic (exact) mass is 387 g/mol. The van der Waals surface area contributed by atoms with Gasteiger partial charge in [0.15, 0.2) is 0 Å². The first-order valence-corrected chi connectivity index (χ1v) is 10.2. The fourth-order valence-electron chi connectivity index (χ4n) is 3.28. The standard InChI is InChI=1S/C29H25N/c1-30(28-20-16-26(17-21-28)14-12-24-8-4-2-5-9-24)29-22-18-27(19-23-29)15-13-25-10-6-3-7-11-25/h2-23H,1H3. The number of nitrogens with zero attached hydrogens (tertiary/aromatic N) is 1. The van der Waals surface area contributed by atoms with Crippen molar-refractivity contribution in [2.75, 3.05) is 11.9 Å². The highest BCUT2D eigenvalue weighted by Gasteiger charge is 2.03. The summed E-state index contributed by atoms with van der Waals surface area (Å²) in [6, 6.07) is 38.0. The van der Waals surface area contributed by atoms with Crippen molar-refractivity contribution in [2.45, 2.75) is 0 Å². The van der Waals surface area contributed by atoms with E-state index in [0.29, 0.717) is 0 Å². The van der Waals surface area contributed by atoms with Gasteiger partial charge in [-0.1, -0.05) is 109 Å². The lowest BCUT2D eigenvalue weighted by molar-refractivity contribution is 1.21. The maximum atomic E-state index is 2.20. The van der Waals surface area contributed by atoms with Crippen LogP contribution in [0.5, 0.6) is 0 Å². The second-order valence-electron chi connectivity index (χ2n) is 7.23. The molecule has 0 aromatic heterocycles. The van der Waals surface area contributed by atoms with Crippen molar-refractivity contribution in [2.24, 2.45) is 0 Å². The van der Waals surface area contributed by atoms with Gasteiger partial charge in [0, 0.05) is 18.4 Å². The van der Waals surface area contributed by atoms with E-state index in [1.165, 1.54) is 33.6 Å². The van der Waals surface area contributed by atoms with Crippen LogP contribution in [0.2, 0.25) is 0 Å². The Balaban J connectivity index is 1.42. The normalized spacial score (nSPS) is 11.2. The Kier molecular flexibility index (Phi) is 6.22. The summed E-state index contributed by atoms with van der Waals surface area (Å²) in [6.45, 7) is 0. The summed E-state index contributed by atoms with van der Waals surface area (Å²) in [5.41, 5.74) is 7.13. The van der Waals surface area contributed by atoms with E-state index in [0.717, 1.165) is 0 Å². The summed E-state index contributed by atoms with van der Waals surface area (Å²) in [5.74, 6) is 0. The predicted molar refractivity (Wildman–Crippen MR) is 132 cm³/mol. The molecule has 0 bridgehead atoms. The number of anilines is 2. The molecule has 0 aliphatic rings. The van der Waals surface area contributed by atoms with Crippen LogP contribution in [-0.2, 0) is 0 Å². The number of hydrogen-bond acceptors (Lipinski definition) is 1. The molecule has 0 spiro atoms. The minimum absolute atomic E-state index is 1.17. The SMILES string of the molecule is CN(c1ccc(C=Cc2ccccc2)cc1)c1ccc(C=Cc2ccccc2)cc1. The van der Waals surface area contributed by atoms with Crippen molar-refractivity contribution in [1.82, 2.24) is 0 Å². The molecule has 1 nitrogen and oxygen atoms in total. The van der Waals surface area contributed by atoms with E-state index in [1.54, 1.807) is 0 Å². The van der Waals surface area contributed by atoms with Gasteiger partial charge in [0.1, 0.15) is 0 Å². The highest BCUT2D eigenvalue weighted by Crippen LogP contribution is 2.25. The van der Waals surface area contributed by atoms with Gasteiger partial charge in [0.25, 0.3) is 0 Å². The molecule has 4 rings (SSSR count). The molecule has 0 radical (unpaired) electrons. The van der Waals surface area contributed by atoms with Gasteiger partial charge in [0.05, 0.1) is 0 Å². The molecule has 0 saturated heterocycles. The van der Waals surface area contributed by atoms with E-state index in [2.05, 4.69) is 133 Å². The summed E-state index contributed by atoms with van der Waals surface area (Å²) in [4.78, 5) is 2.20. The molecule has 0 heterocycles. The van der Waals surface area contributed by atoms with Gasteiger partial charge in [-0.05, 0) is 46.5 Å². The summed E-state index contributed by atoms with van der Waals surface area (Å²) in [7, 11) is 2.10. The van der Waals surface area contributed by atoms with Crippen LogP contribution < -0.4 is 4.90 Å². The van der Waals surface area contributed by atoms with Crippen LogP contribution in [0.25, 0.3) is 24.3 Å². The molecular weight excluding hydrogens is 362 g/mol. The average molecular weight is 388 g/mol. The van der Waals surface area contributed by atoms with E-state index in [1.807, 2.05) is 12.1 Å². The summed E-state index contributed by atoms with van der Waals surface area (Å²) < 4.78 is 0. The van der Waals surface area contributed by atoms with Gasteiger partial charge in [-0.2, -0.15) is 0 Å². The Bertz CT molecular complexity index is 1010. The molecule has 146 valence electrons. The van der Waals surface area contributed by atoms with Crippen molar-refractivity contribution >= 4 is 35.7 Å².